The lowest BCUT2D eigenvalue weighted by molar-refractivity contribution is -0.386. The fourth-order valence-electron chi connectivity index (χ4n) is 3.46. The van der Waals surface area contributed by atoms with Gasteiger partial charge in [0.1, 0.15) is 5.82 Å². The van der Waals surface area contributed by atoms with Crippen LogP contribution in [0.25, 0.3) is 0 Å². The van der Waals surface area contributed by atoms with Gasteiger partial charge in [0.15, 0.2) is 5.75 Å². The van der Waals surface area contributed by atoms with E-state index in [-0.39, 0.29) is 35.6 Å². The number of nitrogens with zero attached hydrogens (tertiary/aromatic N) is 3. The van der Waals surface area contributed by atoms with Gasteiger partial charge in [0.05, 0.1) is 16.9 Å². The number of hydrogen-bond donors (Lipinski definition) is 0. The standard InChI is InChI=1S/C19H22FN3O5S/c1-14(16-5-3-4-6-17(16)20)21-9-11-22(12-10-21)29(26,27)15-7-8-19(28-2)18(13-15)23(24)25/h3-8,13-14H,9-12H2,1-2H3. The van der Waals surface area contributed by atoms with Crippen molar-refractivity contribution in [1.82, 2.24) is 9.21 Å². The van der Waals surface area contributed by atoms with E-state index in [0.717, 1.165) is 6.07 Å². The molecule has 1 heterocycles. The van der Waals surface area contributed by atoms with Crippen LogP contribution in [0.1, 0.15) is 18.5 Å². The van der Waals surface area contributed by atoms with E-state index < -0.39 is 20.6 Å². The number of methoxy groups -OCH3 is 1. The fraction of sp³-hybridized carbons (Fsp3) is 0.368. The van der Waals surface area contributed by atoms with Crippen LogP contribution in [-0.2, 0) is 10.0 Å². The Morgan fingerprint density at radius 3 is 2.38 bits per heavy atom. The van der Waals surface area contributed by atoms with Crippen LogP contribution in [0.3, 0.4) is 0 Å². The number of rotatable bonds is 6. The van der Waals surface area contributed by atoms with Gasteiger partial charge in [-0.1, -0.05) is 18.2 Å². The van der Waals surface area contributed by atoms with Crippen molar-refractivity contribution >= 4 is 15.7 Å². The van der Waals surface area contributed by atoms with Gasteiger partial charge in [-0.05, 0) is 25.1 Å². The predicted molar refractivity (Wildman–Crippen MR) is 105 cm³/mol. The molecule has 0 aliphatic carbocycles. The molecule has 1 atom stereocenters. The lowest BCUT2D eigenvalue weighted by Gasteiger charge is -2.37. The summed E-state index contributed by atoms with van der Waals surface area (Å²) < 4.78 is 46.2. The first-order valence-corrected chi connectivity index (χ1v) is 10.5. The number of nitro benzene ring substituents is 1. The van der Waals surface area contributed by atoms with Crippen LogP contribution in [0, 0.1) is 15.9 Å². The van der Waals surface area contributed by atoms with Crippen LogP contribution in [0.5, 0.6) is 5.75 Å². The molecule has 1 aliphatic rings. The van der Waals surface area contributed by atoms with Gasteiger partial charge in [-0.2, -0.15) is 4.31 Å². The molecule has 0 aromatic heterocycles. The first-order chi connectivity index (χ1) is 13.8. The zero-order valence-corrected chi connectivity index (χ0v) is 16.9. The fourth-order valence-corrected chi connectivity index (χ4v) is 4.91. The summed E-state index contributed by atoms with van der Waals surface area (Å²) in [5, 5.41) is 11.2. The maximum Gasteiger partial charge on any atom is 0.312 e. The Labute approximate surface area is 168 Å². The molecule has 156 valence electrons. The highest BCUT2D eigenvalue weighted by molar-refractivity contribution is 7.89. The Bertz CT molecular complexity index is 1010. The maximum atomic E-state index is 14.0. The number of nitro groups is 1. The minimum Gasteiger partial charge on any atom is -0.490 e. The average molecular weight is 423 g/mol. The van der Waals surface area contributed by atoms with Crippen LogP contribution < -0.4 is 4.74 Å². The first-order valence-electron chi connectivity index (χ1n) is 9.06. The molecule has 10 heteroatoms. The van der Waals surface area contributed by atoms with Crippen LogP contribution in [-0.4, -0.2) is 55.8 Å². The lowest BCUT2D eigenvalue weighted by Crippen LogP contribution is -2.49. The molecule has 0 amide bonds. The Morgan fingerprint density at radius 1 is 1.14 bits per heavy atom. The second-order valence-electron chi connectivity index (χ2n) is 6.73. The summed E-state index contributed by atoms with van der Waals surface area (Å²) >= 11 is 0. The van der Waals surface area contributed by atoms with E-state index in [0.29, 0.717) is 18.7 Å². The summed E-state index contributed by atoms with van der Waals surface area (Å²) in [4.78, 5) is 12.4. The van der Waals surface area contributed by atoms with Crippen molar-refractivity contribution in [2.75, 3.05) is 33.3 Å². The molecule has 0 radical (unpaired) electrons. The van der Waals surface area contributed by atoms with Crippen molar-refractivity contribution < 1.29 is 22.5 Å². The van der Waals surface area contributed by atoms with E-state index in [1.165, 1.54) is 29.6 Å². The zero-order valence-electron chi connectivity index (χ0n) is 16.1. The first kappa shape index (κ1) is 21.2. The summed E-state index contributed by atoms with van der Waals surface area (Å²) in [5.74, 6) is -0.293. The minimum atomic E-state index is -3.89. The number of benzene rings is 2. The summed E-state index contributed by atoms with van der Waals surface area (Å²) in [5.41, 5.74) is 0.162. The van der Waals surface area contributed by atoms with Gasteiger partial charge in [0.25, 0.3) is 0 Å². The molecule has 1 saturated heterocycles. The molecule has 29 heavy (non-hydrogen) atoms. The summed E-state index contributed by atoms with van der Waals surface area (Å²) in [6, 6.07) is 9.93. The van der Waals surface area contributed by atoms with Crippen LogP contribution in [0.2, 0.25) is 0 Å². The topological polar surface area (TPSA) is 93.0 Å². The van der Waals surface area contributed by atoms with E-state index in [1.54, 1.807) is 18.2 Å². The van der Waals surface area contributed by atoms with Crippen molar-refractivity contribution in [3.63, 3.8) is 0 Å². The molecule has 1 fully saturated rings. The molecule has 8 nitrogen and oxygen atoms in total. The van der Waals surface area contributed by atoms with Gasteiger partial charge < -0.3 is 4.74 Å². The lowest BCUT2D eigenvalue weighted by atomic mass is 10.1. The highest BCUT2D eigenvalue weighted by atomic mass is 32.2. The van der Waals surface area contributed by atoms with E-state index >= 15 is 0 Å². The SMILES string of the molecule is COc1ccc(S(=O)(=O)N2CCN(C(C)c3ccccc3F)CC2)cc1[N+](=O)[O-]. The van der Waals surface area contributed by atoms with Gasteiger partial charge in [-0.15, -0.1) is 0 Å². The van der Waals surface area contributed by atoms with Crippen LogP contribution >= 0.6 is 0 Å². The molecule has 3 rings (SSSR count). The quantitative estimate of drug-likeness (QED) is 0.524. The second kappa shape index (κ2) is 8.44. The number of ether oxygens (including phenoxy) is 1. The molecular formula is C19H22FN3O5S. The van der Waals surface area contributed by atoms with E-state index in [9.17, 15) is 22.9 Å². The summed E-state index contributed by atoms with van der Waals surface area (Å²) in [6.07, 6.45) is 0. The highest BCUT2D eigenvalue weighted by Crippen LogP contribution is 2.31. The molecule has 0 N–H and O–H groups in total. The monoisotopic (exact) mass is 423 g/mol. The van der Waals surface area contributed by atoms with Gasteiger partial charge in [0, 0.05) is 43.9 Å². The number of halogens is 1. The van der Waals surface area contributed by atoms with Crippen molar-refractivity contribution in [2.45, 2.75) is 17.9 Å². The van der Waals surface area contributed by atoms with Gasteiger partial charge in [-0.25, -0.2) is 12.8 Å². The van der Waals surface area contributed by atoms with Crippen molar-refractivity contribution in [1.29, 1.82) is 0 Å². The van der Waals surface area contributed by atoms with Crippen molar-refractivity contribution in [2.24, 2.45) is 0 Å². The predicted octanol–water partition coefficient (Wildman–Crippen LogP) is 2.81. The molecule has 1 unspecified atom stereocenters. The van der Waals surface area contributed by atoms with Crippen LogP contribution in [0.4, 0.5) is 10.1 Å². The zero-order chi connectivity index (χ0) is 21.2. The average Bonchev–Trinajstić information content (AvgIpc) is 2.73. The largest absolute Gasteiger partial charge is 0.490 e. The summed E-state index contributed by atoms with van der Waals surface area (Å²) in [6.45, 7) is 3.15. The minimum absolute atomic E-state index is 0.00233. The Kier molecular flexibility index (Phi) is 6.15. The Morgan fingerprint density at radius 2 is 1.79 bits per heavy atom. The van der Waals surface area contributed by atoms with E-state index in [2.05, 4.69) is 0 Å². The van der Waals surface area contributed by atoms with Crippen molar-refractivity contribution in [3.8, 4) is 5.75 Å². The Balaban J connectivity index is 1.76. The number of hydrogen-bond acceptors (Lipinski definition) is 6. The van der Waals surface area contributed by atoms with Crippen LogP contribution in [0.15, 0.2) is 47.4 Å². The number of piperazine rings is 1. The van der Waals surface area contributed by atoms with E-state index in [4.69, 9.17) is 4.74 Å². The van der Waals surface area contributed by atoms with Gasteiger partial charge >= 0.3 is 5.69 Å². The van der Waals surface area contributed by atoms with Gasteiger partial charge in [0.2, 0.25) is 10.0 Å². The van der Waals surface area contributed by atoms with E-state index in [1.807, 2.05) is 11.8 Å². The summed E-state index contributed by atoms with van der Waals surface area (Å²) in [7, 11) is -2.61. The van der Waals surface area contributed by atoms with Crippen molar-refractivity contribution in [3.05, 3.63) is 64.0 Å². The molecule has 0 spiro atoms. The third-order valence-electron chi connectivity index (χ3n) is 5.16. The molecule has 0 saturated carbocycles. The van der Waals surface area contributed by atoms with Gasteiger partial charge in [-0.3, -0.25) is 15.0 Å². The molecule has 2 aromatic carbocycles. The maximum absolute atomic E-state index is 14.0. The highest BCUT2D eigenvalue weighted by Gasteiger charge is 2.32. The number of sulfonamides is 1. The molecular weight excluding hydrogens is 401 g/mol. The second-order valence-corrected chi connectivity index (χ2v) is 8.67. The third-order valence-corrected chi connectivity index (χ3v) is 7.06. The Hall–Kier alpha value is -2.56. The smallest absolute Gasteiger partial charge is 0.312 e. The normalized spacial score (nSPS) is 17.1. The molecule has 2 aromatic rings. The molecule has 1 aliphatic heterocycles. The molecule has 0 bridgehead atoms. The third kappa shape index (κ3) is 4.24.